The molecule has 0 fully saturated rings. The summed E-state index contributed by atoms with van der Waals surface area (Å²) >= 11 is 5.74. The van der Waals surface area contributed by atoms with Crippen molar-refractivity contribution in [2.45, 2.75) is 18.9 Å². The van der Waals surface area contributed by atoms with E-state index in [1.54, 1.807) is 13.0 Å². The lowest BCUT2D eigenvalue weighted by atomic mass is 9.97. The standard InChI is InChI=1S/C12H16ClNO4/c1-2-12(6-15,7-16)14-10-4-3-8(13)5-9(10)11(17)18/h3-5,14-16H,2,6-7H2,1H3,(H,17,18). The first-order valence-electron chi connectivity index (χ1n) is 5.50. The first-order chi connectivity index (χ1) is 8.48. The number of rotatable bonds is 6. The van der Waals surface area contributed by atoms with Crippen molar-refractivity contribution in [1.29, 1.82) is 0 Å². The first kappa shape index (κ1) is 14.8. The van der Waals surface area contributed by atoms with Crippen LogP contribution in [0.25, 0.3) is 0 Å². The van der Waals surface area contributed by atoms with Crippen molar-refractivity contribution in [1.82, 2.24) is 0 Å². The smallest absolute Gasteiger partial charge is 0.337 e. The predicted octanol–water partition coefficient (Wildman–Crippen LogP) is 1.58. The molecule has 0 aromatic heterocycles. The molecule has 0 heterocycles. The van der Waals surface area contributed by atoms with Crippen molar-refractivity contribution >= 4 is 23.3 Å². The molecule has 5 nitrogen and oxygen atoms in total. The molecule has 1 aromatic carbocycles. The van der Waals surface area contributed by atoms with Gasteiger partial charge in [0, 0.05) is 10.7 Å². The second-order valence-corrected chi connectivity index (χ2v) is 4.51. The maximum absolute atomic E-state index is 11.1. The average molecular weight is 274 g/mol. The van der Waals surface area contributed by atoms with E-state index in [1.807, 2.05) is 0 Å². The molecule has 100 valence electrons. The maximum Gasteiger partial charge on any atom is 0.337 e. The number of carboxylic acids is 1. The van der Waals surface area contributed by atoms with E-state index in [0.29, 0.717) is 17.1 Å². The van der Waals surface area contributed by atoms with Crippen LogP contribution in [0.4, 0.5) is 5.69 Å². The second kappa shape index (κ2) is 6.04. The number of carbonyl (C=O) groups is 1. The average Bonchev–Trinajstić information content (AvgIpc) is 2.37. The fourth-order valence-electron chi connectivity index (χ4n) is 1.53. The minimum absolute atomic E-state index is 0.00206. The Hall–Kier alpha value is -1.30. The summed E-state index contributed by atoms with van der Waals surface area (Å²) in [5.41, 5.74) is -0.628. The van der Waals surface area contributed by atoms with Gasteiger partial charge in [-0.3, -0.25) is 0 Å². The molecule has 4 N–H and O–H groups in total. The molecule has 0 atom stereocenters. The lowest BCUT2D eigenvalue weighted by molar-refractivity contribution is 0.0697. The number of carboxylic acid groups (broad SMARTS) is 1. The molecular weight excluding hydrogens is 258 g/mol. The van der Waals surface area contributed by atoms with Crippen LogP contribution in [0.1, 0.15) is 23.7 Å². The normalized spacial score (nSPS) is 11.3. The van der Waals surface area contributed by atoms with Gasteiger partial charge < -0.3 is 20.6 Å². The van der Waals surface area contributed by atoms with Crippen molar-refractivity contribution in [3.05, 3.63) is 28.8 Å². The van der Waals surface area contributed by atoms with Crippen LogP contribution in [0.15, 0.2) is 18.2 Å². The third kappa shape index (κ3) is 3.13. The summed E-state index contributed by atoms with van der Waals surface area (Å²) in [4.78, 5) is 11.1. The number of benzene rings is 1. The van der Waals surface area contributed by atoms with Gasteiger partial charge in [-0.05, 0) is 24.6 Å². The summed E-state index contributed by atoms with van der Waals surface area (Å²) < 4.78 is 0. The van der Waals surface area contributed by atoms with Gasteiger partial charge in [0.2, 0.25) is 0 Å². The molecule has 0 radical (unpaired) electrons. The van der Waals surface area contributed by atoms with Crippen molar-refractivity contribution in [3.63, 3.8) is 0 Å². The third-order valence-corrected chi connectivity index (χ3v) is 3.13. The highest BCUT2D eigenvalue weighted by Gasteiger charge is 2.27. The van der Waals surface area contributed by atoms with E-state index in [1.165, 1.54) is 12.1 Å². The van der Waals surface area contributed by atoms with Crippen LogP contribution in [0, 0.1) is 0 Å². The minimum atomic E-state index is -1.12. The highest BCUT2D eigenvalue weighted by atomic mass is 35.5. The van der Waals surface area contributed by atoms with E-state index in [9.17, 15) is 15.0 Å². The van der Waals surface area contributed by atoms with Crippen LogP contribution in [0.2, 0.25) is 5.02 Å². The summed E-state index contributed by atoms with van der Waals surface area (Å²) in [6.07, 6.45) is 0.446. The Labute approximate surface area is 110 Å². The highest BCUT2D eigenvalue weighted by molar-refractivity contribution is 6.31. The lowest BCUT2D eigenvalue weighted by Crippen LogP contribution is -2.45. The molecule has 0 bridgehead atoms. The van der Waals surface area contributed by atoms with Crippen LogP contribution in [0.5, 0.6) is 0 Å². The molecule has 0 aliphatic rings. The summed E-state index contributed by atoms with van der Waals surface area (Å²) in [5, 5.41) is 30.9. The molecule has 0 unspecified atom stereocenters. The Bertz CT molecular complexity index is 424. The van der Waals surface area contributed by atoms with Crippen LogP contribution in [-0.2, 0) is 0 Å². The topological polar surface area (TPSA) is 89.8 Å². The molecule has 1 rings (SSSR count). The van der Waals surface area contributed by atoms with E-state index in [-0.39, 0.29) is 18.8 Å². The van der Waals surface area contributed by atoms with Crippen molar-refractivity contribution in [2.24, 2.45) is 0 Å². The molecule has 0 saturated heterocycles. The fourth-order valence-corrected chi connectivity index (χ4v) is 1.70. The zero-order chi connectivity index (χ0) is 13.8. The molecule has 0 aliphatic carbocycles. The van der Waals surface area contributed by atoms with Crippen LogP contribution < -0.4 is 5.32 Å². The Morgan fingerprint density at radius 2 is 2.00 bits per heavy atom. The summed E-state index contributed by atoms with van der Waals surface area (Å²) in [7, 11) is 0. The number of aromatic carboxylic acids is 1. The van der Waals surface area contributed by atoms with Crippen LogP contribution in [-0.4, -0.2) is 40.0 Å². The molecule has 6 heteroatoms. The van der Waals surface area contributed by atoms with E-state index < -0.39 is 11.5 Å². The monoisotopic (exact) mass is 273 g/mol. The van der Waals surface area contributed by atoms with Gasteiger partial charge in [-0.2, -0.15) is 0 Å². The van der Waals surface area contributed by atoms with E-state index >= 15 is 0 Å². The summed E-state index contributed by atoms with van der Waals surface area (Å²) in [5.74, 6) is -1.12. The molecule has 18 heavy (non-hydrogen) atoms. The number of aliphatic hydroxyl groups is 2. The Morgan fingerprint density at radius 1 is 1.39 bits per heavy atom. The zero-order valence-electron chi connectivity index (χ0n) is 9.98. The molecule has 0 amide bonds. The number of anilines is 1. The van der Waals surface area contributed by atoms with Crippen LogP contribution in [0.3, 0.4) is 0 Å². The van der Waals surface area contributed by atoms with E-state index in [0.717, 1.165) is 0 Å². The maximum atomic E-state index is 11.1. The second-order valence-electron chi connectivity index (χ2n) is 4.07. The Morgan fingerprint density at radius 3 is 2.44 bits per heavy atom. The minimum Gasteiger partial charge on any atom is -0.478 e. The van der Waals surface area contributed by atoms with E-state index in [2.05, 4.69) is 5.32 Å². The van der Waals surface area contributed by atoms with Gasteiger partial charge in [0.1, 0.15) is 0 Å². The molecule has 0 saturated carbocycles. The predicted molar refractivity (Wildman–Crippen MR) is 69.2 cm³/mol. The number of aliphatic hydroxyl groups excluding tert-OH is 2. The highest BCUT2D eigenvalue weighted by Crippen LogP contribution is 2.25. The van der Waals surface area contributed by atoms with Crippen molar-refractivity contribution < 1.29 is 20.1 Å². The van der Waals surface area contributed by atoms with Gasteiger partial charge in [-0.25, -0.2) is 4.79 Å². The molecule has 0 spiro atoms. The van der Waals surface area contributed by atoms with Gasteiger partial charge in [0.25, 0.3) is 0 Å². The largest absolute Gasteiger partial charge is 0.478 e. The number of nitrogens with one attached hydrogen (secondary N) is 1. The number of hydrogen-bond acceptors (Lipinski definition) is 4. The SMILES string of the molecule is CCC(CO)(CO)Nc1ccc(Cl)cc1C(=O)O. The summed E-state index contributed by atoms with van der Waals surface area (Å²) in [6.45, 7) is 1.18. The van der Waals surface area contributed by atoms with Crippen molar-refractivity contribution in [3.8, 4) is 0 Å². The number of hydrogen-bond donors (Lipinski definition) is 4. The van der Waals surface area contributed by atoms with Gasteiger partial charge in [-0.15, -0.1) is 0 Å². The quantitative estimate of drug-likeness (QED) is 0.632. The molecule has 0 aliphatic heterocycles. The van der Waals surface area contributed by atoms with E-state index in [4.69, 9.17) is 16.7 Å². The van der Waals surface area contributed by atoms with Gasteiger partial charge in [0.15, 0.2) is 0 Å². The van der Waals surface area contributed by atoms with Crippen LogP contribution >= 0.6 is 11.6 Å². The Kier molecular flexibility index (Phi) is 4.95. The van der Waals surface area contributed by atoms with Gasteiger partial charge in [0.05, 0.1) is 24.3 Å². The fraction of sp³-hybridized carbons (Fsp3) is 0.417. The molecular formula is C12H16ClNO4. The zero-order valence-corrected chi connectivity index (χ0v) is 10.7. The lowest BCUT2D eigenvalue weighted by Gasteiger charge is -2.31. The summed E-state index contributed by atoms with van der Waals surface area (Å²) in [6, 6.07) is 4.38. The third-order valence-electron chi connectivity index (χ3n) is 2.89. The van der Waals surface area contributed by atoms with Gasteiger partial charge in [-0.1, -0.05) is 18.5 Å². The first-order valence-corrected chi connectivity index (χ1v) is 5.88. The molecule has 1 aromatic rings. The van der Waals surface area contributed by atoms with Crippen molar-refractivity contribution in [2.75, 3.05) is 18.5 Å². The Balaban J connectivity index is 3.13. The number of halogens is 1. The van der Waals surface area contributed by atoms with Gasteiger partial charge >= 0.3 is 5.97 Å².